The van der Waals surface area contributed by atoms with Crippen molar-refractivity contribution in [1.29, 1.82) is 0 Å². The van der Waals surface area contributed by atoms with Gasteiger partial charge in [0.15, 0.2) is 5.03 Å². The fourth-order valence-corrected chi connectivity index (χ4v) is 2.95. The zero-order valence-electron chi connectivity index (χ0n) is 11.8. The molecular weight excluding hydrogens is 288 g/mol. The van der Waals surface area contributed by atoms with Gasteiger partial charge in [-0.3, -0.25) is 0 Å². The van der Waals surface area contributed by atoms with Crippen molar-refractivity contribution in [3.63, 3.8) is 0 Å². The molecule has 0 aliphatic heterocycles. The quantitative estimate of drug-likeness (QED) is 0.876. The van der Waals surface area contributed by atoms with Crippen molar-refractivity contribution in [3.8, 4) is 0 Å². The largest absolute Gasteiger partial charge is 0.392 e. The first-order chi connectivity index (χ1) is 10.0. The van der Waals surface area contributed by atoms with Crippen LogP contribution >= 0.6 is 0 Å². The van der Waals surface area contributed by atoms with Gasteiger partial charge in [-0.15, -0.1) is 0 Å². The fourth-order valence-electron chi connectivity index (χ4n) is 1.87. The summed E-state index contributed by atoms with van der Waals surface area (Å²) in [5, 5.41) is 8.95. The van der Waals surface area contributed by atoms with Crippen LogP contribution in [0.3, 0.4) is 0 Å². The third-order valence-corrected chi connectivity index (χ3v) is 4.99. The average Bonchev–Trinajstić information content (AvgIpc) is 2.53. The molecule has 0 saturated heterocycles. The molecule has 1 heterocycles. The number of benzene rings is 1. The Morgan fingerprint density at radius 2 is 1.81 bits per heavy atom. The average molecular weight is 306 g/mol. The van der Waals surface area contributed by atoms with E-state index in [1.54, 1.807) is 13.1 Å². The minimum Gasteiger partial charge on any atom is -0.392 e. The lowest BCUT2D eigenvalue weighted by molar-refractivity contribution is 0.281. The molecule has 1 aromatic heterocycles. The maximum absolute atomic E-state index is 12.4. The second kappa shape index (κ2) is 6.80. The number of hydrogen-bond donors (Lipinski definition) is 1. The second-order valence-electron chi connectivity index (χ2n) is 4.72. The van der Waals surface area contributed by atoms with Gasteiger partial charge >= 0.3 is 0 Å². The van der Waals surface area contributed by atoms with Crippen LogP contribution in [-0.2, 0) is 23.1 Å². The van der Waals surface area contributed by atoms with Crippen LogP contribution in [0.4, 0.5) is 0 Å². The van der Waals surface area contributed by atoms with E-state index in [-0.39, 0.29) is 11.6 Å². The van der Waals surface area contributed by atoms with Crippen molar-refractivity contribution >= 4 is 10.0 Å². The van der Waals surface area contributed by atoms with Crippen LogP contribution in [0, 0.1) is 0 Å². The fraction of sp³-hybridized carbons (Fsp3) is 0.267. The van der Waals surface area contributed by atoms with Crippen molar-refractivity contribution in [1.82, 2.24) is 9.29 Å². The number of nitrogens with zero attached hydrogens (tertiary/aromatic N) is 2. The van der Waals surface area contributed by atoms with Crippen LogP contribution in [0.5, 0.6) is 0 Å². The van der Waals surface area contributed by atoms with E-state index in [4.69, 9.17) is 5.11 Å². The third-order valence-electron chi connectivity index (χ3n) is 3.21. The van der Waals surface area contributed by atoms with Gasteiger partial charge in [0.05, 0.1) is 6.61 Å². The minimum atomic E-state index is -3.59. The number of aromatic nitrogens is 1. The number of sulfonamides is 1. The van der Waals surface area contributed by atoms with Crippen LogP contribution in [0.2, 0.25) is 0 Å². The van der Waals surface area contributed by atoms with Crippen LogP contribution in [0.25, 0.3) is 0 Å². The van der Waals surface area contributed by atoms with E-state index in [2.05, 4.69) is 4.98 Å². The van der Waals surface area contributed by atoms with Gasteiger partial charge in [-0.05, 0) is 23.6 Å². The summed E-state index contributed by atoms with van der Waals surface area (Å²) in [5.41, 5.74) is 1.67. The molecule has 0 fully saturated rings. The van der Waals surface area contributed by atoms with E-state index in [0.717, 1.165) is 5.56 Å². The molecule has 0 amide bonds. The van der Waals surface area contributed by atoms with Gasteiger partial charge < -0.3 is 5.11 Å². The molecule has 5 nitrogen and oxygen atoms in total. The summed E-state index contributed by atoms with van der Waals surface area (Å²) in [6.45, 7) is 0.229. The lowest BCUT2D eigenvalue weighted by Crippen LogP contribution is -2.29. The zero-order chi connectivity index (χ0) is 15.3. The summed E-state index contributed by atoms with van der Waals surface area (Å²) in [4.78, 5) is 3.91. The molecule has 0 aliphatic rings. The molecule has 0 aliphatic carbocycles. The highest BCUT2D eigenvalue weighted by Gasteiger charge is 2.21. The van der Waals surface area contributed by atoms with Crippen molar-refractivity contribution < 1.29 is 13.5 Å². The number of hydrogen-bond acceptors (Lipinski definition) is 4. The molecule has 0 unspecified atom stereocenters. The Hall–Kier alpha value is -1.76. The molecule has 1 aromatic carbocycles. The molecular formula is C15H18N2O3S. The van der Waals surface area contributed by atoms with Crippen molar-refractivity contribution in [2.75, 3.05) is 13.6 Å². The number of aliphatic hydroxyl groups is 1. The van der Waals surface area contributed by atoms with Crippen LogP contribution < -0.4 is 0 Å². The SMILES string of the molecule is CN(CCc1ccccc1)S(=O)(=O)c1ccc(CO)cn1. The highest BCUT2D eigenvalue weighted by atomic mass is 32.2. The van der Waals surface area contributed by atoms with Crippen molar-refractivity contribution in [2.45, 2.75) is 18.1 Å². The van der Waals surface area contributed by atoms with Gasteiger partial charge in [-0.2, -0.15) is 4.31 Å². The molecule has 0 spiro atoms. The minimum absolute atomic E-state index is 0.00439. The summed E-state index contributed by atoms with van der Waals surface area (Å²) in [6.07, 6.45) is 2.02. The zero-order valence-corrected chi connectivity index (χ0v) is 12.6. The summed E-state index contributed by atoms with van der Waals surface area (Å²) < 4.78 is 26.0. The molecule has 0 bridgehead atoms. The maximum atomic E-state index is 12.4. The van der Waals surface area contributed by atoms with Gasteiger partial charge in [-0.1, -0.05) is 36.4 Å². The Balaban J connectivity index is 2.07. The first-order valence-corrected chi connectivity index (χ1v) is 8.04. The van der Waals surface area contributed by atoms with Gasteiger partial charge in [0, 0.05) is 19.8 Å². The Kier molecular flexibility index (Phi) is 5.06. The summed E-state index contributed by atoms with van der Waals surface area (Å²) >= 11 is 0. The monoisotopic (exact) mass is 306 g/mol. The number of rotatable bonds is 6. The molecule has 0 saturated carbocycles. The van der Waals surface area contributed by atoms with Crippen LogP contribution in [0.1, 0.15) is 11.1 Å². The summed E-state index contributed by atoms with van der Waals surface area (Å²) in [7, 11) is -2.05. The number of aliphatic hydroxyl groups excluding tert-OH is 1. The first-order valence-electron chi connectivity index (χ1n) is 6.60. The first kappa shape index (κ1) is 15.6. The van der Waals surface area contributed by atoms with Gasteiger partial charge in [0.2, 0.25) is 0 Å². The Bertz CT molecular complexity index is 670. The van der Waals surface area contributed by atoms with Crippen LogP contribution in [0.15, 0.2) is 53.7 Å². The van der Waals surface area contributed by atoms with Gasteiger partial charge in [-0.25, -0.2) is 13.4 Å². The maximum Gasteiger partial charge on any atom is 0.260 e. The summed E-state index contributed by atoms with van der Waals surface area (Å²) in [5.74, 6) is 0. The van der Waals surface area contributed by atoms with E-state index < -0.39 is 10.0 Å². The molecule has 0 atom stereocenters. The molecule has 2 aromatic rings. The lowest BCUT2D eigenvalue weighted by atomic mass is 10.2. The Morgan fingerprint density at radius 1 is 1.10 bits per heavy atom. The van der Waals surface area contributed by atoms with Crippen molar-refractivity contribution in [2.24, 2.45) is 0 Å². The Morgan fingerprint density at radius 3 is 2.38 bits per heavy atom. The van der Waals surface area contributed by atoms with E-state index in [0.29, 0.717) is 18.5 Å². The Labute approximate surface area is 124 Å². The molecule has 0 radical (unpaired) electrons. The molecule has 2 rings (SSSR count). The molecule has 21 heavy (non-hydrogen) atoms. The van der Waals surface area contributed by atoms with E-state index >= 15 is 0 Å². The predicted molar refractivity (Wildman–Crippen MR) is 80.1 cm³/mol. The number of pyridine rings is 1. The van der Waals surface area contributed by atoms with E-state index in [9.17, 15) is 8.42 Å². The highest BCUT2D eigenvalue weighted by Crippen LogP contribution is 2.13. The predicted octanol–water partition coefficient (Wildman–Crippen LogP) is 1.44. The number of likely N-dealkylation sites (N-methyl/N-ethyl adjacent to an activating group) is 1. The second-order valence-corrected chi connectivity index (χ2v) is 6.72. The smallest absolute Gasteiger partial charge is 0.260 e. The molecule has 1 N–H and O–H groups in total. The normalized spacial score (nSPS) is 11.8. The van der Waals surface area contributed by atoms with Gasteiger partial charge in [0.1, 0.15) is 0 Å². The molecule has 112 valence electrons. The third kappa shape index (κ3) is 3.87. The van der Waals surface area contributed by atoms with Crippen molar-refractivity contribution in [3.05, 3.63) is 59.8 Å². The topological polar surface area (TPSA) is 70.5 Å². The molecule has 6 heteroatoms. The lowest BCUT2D eigenvalue weighted by Gasteiger charge is -2.16. The van der Waals surface area contributed by atoms with Gasteiger partial charge in [0.25, 0.3) is 10.0 Å². The van der Waals surface area contributed by atoms with E-state index in [1.807, 2.05) is 30.3 Å². The standard InChI is InChI=1S/C15H18N2O3S/c1-17(10-9-13-5-3-2-4-6-13)21(19,20)15-8-7-14(12-18)11-16-15/h2-8,11,18H,9-10,12H2,1H3. The van der Waals surface area contributed by atoms with E-state index in [1.165, 1.54) is 16.6 Å². The van der Waals surface area contributed by atoms with Crippen LogP contribution in [-0.4, -0.2) is 36.4 Å². The highest BCUT2D eigenvalue weighted by molar-refractivity contribution is 7.89. The summed E-state index contributed by atoms with van der Waals surface area (Å²) in [6, 6.07) is 12.7.